The summed E-state index contributed by atoms with van der Waals surface area (Å²) in [5.41, 5.74) is 22.0. The summed E-state index contributed by atoms with van der Waals surface area (Å²) in [5.74, 6) is -0.560. The quantitative estimate of drug-likeness (QED) is 0.419. The average Bonchev–Trinajstić information content (AvgIpc) is 3.11. The number of amides is 2. The summed E-state index contributed by atoms with van der Waals surface area (Å²) in [6, 6.07) is 16.6. The second-order valence-electron chi connectivity index (χ2n) is 6.68. The van der Waals surface area contributed by atoms with Gasteiger partial charge in [0.05, 0.1) is 17.1 Å². The number of benzene rings is 3. The van der Waals surface area contributed by atoms with Crippen molar-refractivity contribution in [3.05, 3.63) is 78.2 Å². The van der Waals surface area contributed by atoms with E-state index in [0.717, 1.165) is 26.9 Å². The van der Waals surface area contributed by atoms with E-state index in [1.807, 2.05) is 30.3 Å². The van der Waals surface area contributed by atoms with E-state index < -0.39 is 11.8 Å². The van der Waals surface area contributed by atoms with Crippen LogP contribution in [0.4, 0.5) is 26.2 Å². The Balaban J connectivity index is 1.78. The van der Waals surface area contributed by atoms with E-state index in [-0.39, 0.29) is 12.2 Å². The molecule has 146 valence electrons. The van der Waals surface area contributed by atoms with Crippen LogP contribution in [0.25, 0.3) is 22.0 Å². The first-order chi connectivity index (χ1) is 14.0. The van der Waals surface area contributed by atoms with Crippen molar-refractivity contribution < 1.29 is 9.18 Å². The van der Waals surface area contributed by atoms with Crippen molar-refractivity contribution in [2.45, 2.75) is 6.54 Å². The van der Waals surface area contributed by atoms with Crippen LogP contribution >= 0.6 is 0 Å². The molecule has 4 aromatic rings. The van der Waals surface area contributed by atoms with Gasteiger partial charge < -0.3 is 22.2 Å². The van der Waals surface area contributed by atoms with E-state index in [4.69, 9.17) is 17.2 Å². The van der Waals surface area contributed by atoms with E-state index in [2.05, 4.69) is 4.98 Å². The maximum Gasteiger partial charge on any atom is 0.323 e. The van der Waals surface area contributed by atoms with Gasteiger partial charge in [0, 0.05) is 23.6 Å². The summed E-state index contributed by atoms with van der Waals surface area (Å²) < 4.78 is 14.4. The number of nitrogens with two attached hydrogens (primary N) is 3. The van der Waals surface area contributed by atoms with Gasteiger partial charge in [-0.2, -0.15) is 0 Å². The summed E-state index contributed by atoms with van der Waals surface area (Å²) in [4.78, 5) is 16.4. The van der Waals surface area contributed by atoms with Gasteiger partial charge in [0.25, 0.3) is 0 Å². The van der Waals surface area contributed by atoms with Crippen molar-refractivity contribution in [2.24, 2.45) is 11.5 Å². The molecule has 0 bridgehead atoms. The summed E-state index contributed by atoms with van der Waals surface area (Å²) >= 11 is 0. The molecule has 0 saturated carbocycles. The highest BCUT2D eigenvalue weighted by atomic mass is 19.1. The van der Waals surface area contributed by atoms with Gasteiger partial charge in [-0.15, -0.1) is 0 Å². The first-order valence-electron chi connectivity index (χ1n) is 9.03. The molecule has 7 N–H and O–H groups in total. The Labute approximate surface area is 166 Å². The second kappa shape index (κ2) is 7.29. The molecule has 2 amide bonds. The topological polar surface area (TPSA) is 114 Å². The fourth-order valence-corrected chi connectivity index (χ4v) is 3.48. The molecule has 0 radical (unpaired) electrons. The van der Waals surface area contributed by atoms with Gasteiger partial charge in [-0.3, -0.25) is 4.90 Å². The first-order valence-corrected chi connectivity index (χ1v) is 9.03. The van der Waals surface area contributed by atoms with E-state index >= 15 is 0 Å². The number of H-pyrrole nitrogens is 1. The van der Waals surface area contributed by atoms with Crippen molar-refractivity contribution in [1.82, 2.24) is 4.98 Å². The second-order valence-corrected chi connectivity index (χ2v) is 6.68. The van der Waals surface area contributed by atoms with E-state index in [0.29, 0.717) is 16.9 Å². The fraction of sp³-hybridized carbons (Fsp3) is 0.0455. The highest BCUT2D eigenvalue weighted by Gasteiger charge is 2.19. The zero-order valence-electron chi connectivity index (χ0n) is 15.5. The number of nitrogens with one attached hydrogen (secondary N) is 1. The van der Waals surface area contributed by atoms with Gasteiger partial charge in [-0.25, -0.2) is 9.18 Å². The molecular weight excluding hydrogens is 369 g/mol. The van der Waals surface area contributed by atoms with Crippen LogP contribution in [0.15, 0.2) is 66.9 Å². The lowest BCUT2D eigenvalue weighted by Crippen LogP contribution is -2.32. The molecule has 0 atom stereocenters. The van der Waals surface area contributed by atoms with Crippen LogP contribution in [0.1, 0.15) is 5.56 Å². The Bertz CT molecular complexity index is 1200. The van der Waals surface area contributed by atoms with Crippen molar-refractivity contribution in [1.29, 1.82) is 0 Å². The number of nitrogens with zero attached hydrogens (tertiary/aromatic N) is 1. The number of rotatable bonds is 4. The number of carbonyl (C=O) groups is 1. The Kier molecular flexibility index (Phi) is 4.66. The number of hydrogen-bond acceptors (Lipinski definition) is 3. The average molecular weight is 389 g/mol. The minimum Gasteiger partial charge on any atom is -0.397 e. The third kappa shape index (κ3) is 3.28. The highest BCUT2D eigenvalue weighted by Crippen LogP contribution is 2.35. The number of primary amides is 1. The van der Waals surface area contributed by atoms with Crippen LogP contribution < -0.4 is 22.1 Å². The Morgan fingerprint density at radius 2 is 1.83 bits per heavy atom. The largest absolute Gasteiger partial charge is 0.397 e. The van der Waals surface area contributed by atoms with Crippen molar-refractivity contribution >= 4 is 34.0 Å². The standard InChI is InChI=1S/C22H20FN5O/c23-17-9-4-13(11-24)10-20(17)28(22(26)29)15-7-5-14(6-8-15)16-2-1-3-19-21(16)18(25)12-27-19/h1-10,12,27H,11,24-25H2,(H2,26,29). The molecule has 0 aliphatic rings. The summed E-state index contributed by atoms with van der Waals surface area (Å²) in [7, 11) is 0. The van der Waals surface area contributed by atoms with Crippen LogP contribution in [0.5, 0.6) is 0 Å². The number of carbonyl (C=O) groups excluding carboxylic acids is 1. The van der Waals surface area contributed by atoms with Crippen molar-refractivity contribution in [2.75, 3.05) is 10.6 Å². The van der Waals surface area contributed by atoms with E-state index in [1.165, 1.54) is 12.1 Å². The van der Waals surface area contributed by atoms with Gasteiger partial charge in [-0.1, -0.05) is 30.3 Å². The fourth-order valence-electron chi connectivity index (χ4n) is 3.48. The molecule has 0 saturated heterocycles. The van der Waals surface area contributed by atoms with Gasteiger partial charge in [0.15, 0.2) is 0 Å². The zero-order valence-corrected chi connectivity index (χ0v) is 15.5. The van der Waals surface area contributed by atoms with Gasteiger partial charge in [-0.05, 0) is 47.0 Å². The Morgan fingerprint density at radius 1 is 1.07 bits per heavy atom. The normalized spacial score (nSPS) is 11.0. The van der Waals surface area contributed by atoms with Gasteiger partial charge in [0.1, 0.15) is 5.82 Å². The van der Waals surface area contributed by atoms with Crippen molar-refractivity contribution in [3.8, 4) is 11.1 Å². The molecule has 4 rings (SSSR count). The van der Waals surface area contributed by atoms with Gasteiger partial charge in [0.2, 0.25) is 0 Å². The highest BCUT2D eigenvalue weighted by molar-refractivity contribution is 6.04. The smallest absolute Gasteiger partial charge is 0.323 e. The molecular formula is C22H20FN5O. The third-order valence-corrected chi connectivity index (χ3v) is 4.88. The molecule has 29 heavy (non-hydrogen) atoms. The maximum absolute atomic E-state index is 14.4. The number of hydrogen-bond donors (Lipinski definition) is 4. The number of aromatic nitrogens is 1. The van der Waals surface area contributed by atoms with Crippen molar-refractivity contribution in [3.63, 3.8) is 0 Å². The van der Waals surface area contributed by atoms with Crippen LogP contribution in [-0.4, -0.2) is 11.0 Å². The first kappa shape index (κ1) is 18.5. The van der Waals surface area contributed by atoms with E-state index in [9.17, 15) is 9.18 Å². The third-order valence-electron chi connectivity index (χ3n) is 4.88. The number of nitrogen functional groups attached to an aromatic ring is 1. The number of urea groups is 1. The predicted octanol–water partition coefficient (Wildman–Crippen LogP) is 4.23. The number of aromatic amines is 1. The van der Waals surface area contributed by atoms with Crippen LogP contribution in [-0.2, 0) is 6.54 Å². The molecule has 0 spiro atoms. The number of halogens is 1. The molecule has 0 fully saturated rings. The lowest BCUT2D eigenvalue weighted by Gasteiger charge is -2.22. The monoisotopic (exact) mass is 389 g/mol. The van der Waals surface area contributed by atoms with E-state index in [1.54, 1.807) is 24.4 Å². The molecule has 0 aliphatic heterocycles. The molecule has 1 heterocycles. The van der Waals surface area contributed by atoms with Crippen LogP contribution in [0.2, 0.25) is 0 Å². The SMILES string of the molecule is NCc1ccc(F)c(N(C(N)=O)c2ccc(-c3cccc4[nH]cc(N)c34)cc2)c1. The lowest BCUT2D eigenvalue weighted by molar-refractivity contribution is 0.256. The summed E-state index contributed by atoms with van der Waals surface area (Å²) in [6.07, 6.45) is 1.75. The Hall–Kier alpha value is -3.84. The summed E-state index contributed by atoms with van der Waals surface area (Å²) in [6.45, 7) is 0.223. The molecule has 0 aliphatic carbocycles. The zero-order chi connectivity index (χ0) is 20.5. The molecule has 1 aromatic heterocycles. The van der Waals surface area contributed by atoms with Crippen LogP contribution in [0.3, 0.4) is 0 Å². The molecule has 0 unspecified atom stereocenters. The number of fused-ring (bicyclic) bond motifs is 1. The molecule has 6 nitrogen and oxygen atoms in total. The molecule has 7 heteroatoms. The summed E-state index contributed by atoms with van der Waals surface area (Å²) in [5, 5.41) is 0.925. The Morgan fingerprint density at radius 3 is 2.52 bits per heavy atom. The number of anilines is 3. The minimum atomic E-state index is -0.789. The lowest BCUT2D eigenvalue weighted by atomic mass is 10.0. The maximum atomic E-state index is 14.4. The van der Waals surface area contributed by atoms with Crippen LogP contribution in [0, 0.1) is 5.82 Å². The predicted molar refractivity (Wildman–Crippen MR) is 114 cm³/mol. The van der Waals surface area contributed by atoms with Gasteiger partial charge >= 0.3 is 6.03 Å². The molecule has 3 aromatic carbocycles. The minimum absolute atomic E-state index is 0.0604.